The van der Waals surface area contributed by atoms with Gasteiger partial charge in [0.1, 0.15) is 5.01 Å². The minimum Gasteiger partial charge on any atom is -0.309 e. The molecule has 2 aromatic heterocycles. The summed E-state index contributed by atoms with van der Waals surface area (Å²) in [6.07, 6.45) is 3.19. The number of hydrogen-bond donors (Lipinski definition) is 2. The zero-order valence-corrected chi connectivity index (χ0v) is 12.8. The molecule has 1 fully saturated rings. The zero-order chi connectivity index (χ0) is 13.9. The number of aryl methyl sites for hydroxylation is 1. The fourth-order valence-electron chi connectivity index (χ4n) is 2.20. The van der Waals surface area contributed by atoms with E-state index in [1.165, 1.54) is 22.6 Å². The quantitative estimate of drug-likeness (QED) is 0.911. The van der Waals surface area contributed by atoms with E-state index < -0.39 is 0 Å². The highest BCUT2D eigenvalue weighted by molar-refractivity contribution is 7.16. The monoisotopic (exact) mass is 308 g/mol. The van der Waals surface area contributed by atoms with Crippen LogP contribution in [0.3, 0.4) is 0 Å². The zero-order valence-electron chi connectivity index (χ0n) is 11.2. The van der Waals surface area contributed by atoms with Crippen LogP contribution >= 0.6 is 22.7 Å². The van der Waals surface area contributed by atoms with Crippen molar-refractivity contribution in [2.75, 3.05) is 11.9 Å². The first kappa shape index (κ1) is 13.7. The Labute approximate surface area is 125 Å². The van der Waals surface area contributed by atoms with Crippen LogP contribution in [0.25, 0.3) is 0 Å². The molecule has 3 heterocycles. The number of carbonyl (C=O) groups is 1. The summed E-state index contributed by atoms with van der Waals surface area (Å²) in [4.78, 5) is 14.1. The highest BCUT2D eigenvalue weighted by Gasteiger charge is 2.20. The molecule has 7 heteroatoms. The van der Waals surface area contributed by atoms with Crippen molar-refractivity contribution >= 4 is 33.7 Å². The number of thiophene rings is 1. The van der Waals surface area contributed by atoms with E-state index in [0.717, 1.165) is 29.3 Å². The minimum atomic E-state index is -0.0990. The normalized spacial score (nSPS) is 18.4. The fraction of sp³-hybridized carbons (Fsp3) is 0.462. The SMILES string of the molecule is CCc1nnc(NC(=O)c2ccc(C3CCCN3)s2)s1. The summed E-state index contributed by atoms with van der Waals surface area (Å²) in [6, 6.07) is 4.34. The molecule has 20 heavy (non-hydrogen) atoms. The molecular formula is C13H16N4OS2. The van der Waals surface area contributed by atoms with Crippen molar-refractivity contribution in [1.29, 1.82) is 0 Å². The van der Waals surface area contributed by atoms with Crippen molar-refractivity contribution in [2.45, 2.75) is 32.2 Å². The molecule has 0 aliphatic carbocycles. The maximum atomic E-state index is 12.2. The van der Waals surface area contributed by atoms with E-state index in [2.05, 4.69) is 20.8 Å². The van der Waals surface area contributed by atoms with E-state index in [1.54, 1.807) is 11.3 Å². The Hall–Kier alpha value is -1.31. The Morgan fingerprint density at radius 1 is 1.45 bits per heavy atom. The van der Waals surface area contributed by atoms with Gasteiger partial charge in [-0.15, -0.1) is 21.5 Å². The van der Waals surface area contributed by atoms with Gasteiger partial charge in [0.2, 0.25) is 5.13 Å². The molecule has 5 nitrogen and oxygen atoms in total. The molecule has 0 aromatic carbocycles. The fourth-order valence-corrected chi connectivity index (χ4v) is 3.88. The molecule has 1 aliphatic heterocycles. The number of nitrogens with zero attached hydrogens (tertiary/aromatic N) is 2. The second-order valence-corrected chi connectivity index (χ2v) is 6.84. The van der Waals surface area contributed by atoms with Gasteiger partial charge >= 0.3 is 0 Å². The lowest BCUT2D eigenvalue weighted by atomic mass is 10.2. The molecule has 1 saturated heterocycles. The molecule has 3 rings (SSSR count). The van der Waals surface area contributed by atoms with Crippen molar-refractivity contribution in [1.82, 2.24) is 15.5 Å². The van der Waals surface area contributed by atoms with Crippen LogP contribution < -0.4 is 10.6 Å². The van der Waals surface area contributed by atoms with E-state index in [-0.39, 0.29) is 5.91 Å². The summed E-state index contributed by atoms with van der Waals surface area (Å²) >= 11 is 2.98. The molecule has 1 atom stereocenters. The standard InChI is InChI=1S/C13H16N4OS2/c1-2-11-16-17-13(20-11)15-12(18)10-6-5-9(19-10)8-4-3-7-14-8/h5-6,8,14H,2-4,7H2,1H3,(H,15,17,18). The summed E-state index contributed by atoms with van der Waals surface area (Å²) in [5.41, 5.74) is 0. The third-order valence-corrected chi connectivity index (χ3v) is 5.42. The van der Waals surface area contributed by atoms with Crippen LogP contribution in [0.15, 0.2) is 12.1 Å². The number of hydrogen-bond acceptors (Lipinski definition) is 6. The molecule has 0 radical (unpaired) electrons. The van der Waals surface area contributed by atoms with Gasteiger partial charge in [-0.2, -0.15) is 0 Å². The Morgan fingerprint density at radius 2 is 2.35 bits per heavy atom. The lowest BCUT2D eigenvalue weighted by Crippen LogP contribution is -2.11. The summed E-state index contributed by atoms with van der Waals surface area (Å²) in [5, 5.41) is 15.7. The third kappa shape index (κ3) is 2.89. The van der Waals surface area contributed by atoms with Crippen LogP contribution in [0.2, 0.25) is 0 Å². The van der Waals surface area contributed by atoms with Crippen molar-refractivity contribution in [3.05, 3.63) is 26.9 Å². The van der Waals surface area contributed by atoms with Crippen LogP contribution in [0, 0.1) is 0 Å². The predicted molar refractivity (Wildman–Crippen MR) is 81.5 cm³/mol. The topological polar surface area (TPSA) is 66.9 Å². The van der Waals surface area contributed by atoms with Crippen molar-refractivity contribution in [3.8, 4) is 0 Å². The van der Waals surface area contributed by atoms with Gasteiger partial charge < -0.3 is 5.32 Å². The molecule has 106 valence electrons. The maximum Gasteiger partial charge on any atom is 0.267 e. The first-order chi connectivity index (χ1) is 9.76. The van der Waals surface area contributed by atoms with Crippen molar-refractivity contribution < 1.29 is 4.79 Å². The highest BCUT2D eigenvalue weighted by atomic mass is 32.1. The molecule has 1 amide bonds. The number of rotatable bonds is 4. The van der Waals surface area contributed by atoms with Gasteiger partial charge in [0.15, 0.2) is 0 Å². The summed E-state index contributed by atoms with van der Waals surface area (Å²) in [7, 11) is 0. The van der Waals surface area contributed by atoms with Gasteiger partial charge in [0.25, 0.3) is 5.91 Å². The van der Waals surface area contributed by atoms with Crippen LogP contribution in [-0.2, 0) is 6.42 Å². The van der Waals surface area contributed by atoms with E-state index in [1.807, 2.05) is 19.1 Å². The van der Waals surface area contributed by atoms with E-state index in [4.69, 9.17) is 0 Å². The smallest absolute Gasteiger partial charge is 0.267 e. The molecular weight excluding hydrogens is 292 g/mol. The van der Waals surface area contributed by atoms with Crippen LogP contribution in [0.4, 0.5) is 5.13 Å². The Bertz CT molecular complexity index is 601. The van der Waals surface area contributed by atoms with Gasteiger partial charge in [-0.25, -0.2) is 0 Å². The van der Waals surface area contributed by atoms with Gasteiger partial charge in [-0.1, -0.05) is 18.3 Å². The van der Waals surface area contributed by atoms with Crippen LogP contribution in [-0.4, -0.2) is 22.6 Å². The minimum absolute atomic E-state index is 0.0990. The lowest BCUT2D eigenvalue weighted by molar-refractivity contribution is 0.103. The van der Waals surface area contributed by atoms with E-state index in [0.29, 0.717) is 11.2 Å². The maximum absolute atomic E-state index is 12.2. The van der Waals surface area contributed by atoms with E-state index >= 15 is 0 Å². The Balaban J connectivity index is 1.67. The second-order valence-electron chi connectivity index (χ2n) is 4.66. The first-order valence-corrected chi connectivity index (χ1v) is 8.36. The molecule has 0 bridgehead atoms. The molecule has 1 aliphatic rings. The molecule has 0 saturated carbocycles. The number of amides is 1. The van der Waals surface area contributed by atoms with Gasteiger partial charge in [-0.05, 0) is 37.9 Å². The molecule has 2 aromatic rings. The number of carbonyl (C=O) groups excluding carboxylic acids is 1. The van der Waals surface area contributed by atoms with Gasteiger partial charge in [0, 0.05) is 10.9 Å². The molecule has 1 unspecified atom stereocenters. The molecule has 2 N–H and O–H groups in total. The number of nitrogens with one attached hydrogen (secondary N) is 2. The Morgan fingerprint density at radius 3 is 3.05 bits per heavy atom. The average molecular weight is 308 g/mol. The summed E-state index contributed by atoms with van der Waals surface area (Å²) in [6.45, 7) is 3.08. The Kier molecular flexibility index (Phi) is 4.09. The van der Waals surface area contributed by atoms with E-state index in [9.17, 15) is 4.79 Å². The molecule has 0 spiro atoms. The predicted octanol–water partition coefficient (Wildman–Crippen LogP) is 2.84. The average Bonchev–Trinajstić information content (AvgIpc) is 3.19. The number of anilines is 1. The largest absolute Gasteiger partial charge is 0.309 e. The lowest BCUT2D eigenvalue weighted by Gasteiger charge is -2.05. The third-order valence-electron chi connectivity index (χ3n) is 3.24. The summed E-state index contributed by atoms with van der Waals surface area (Å²) < 4.78 is 0. The van der Waals surface area contributed by atoms with Crippen LogP contribution in [0.1, 0.15) is 45.4 Å². The van der Waals surface area contributed by atoms with Crippen molar-refractivity contribution in [3.63, 3.8) is 0 Å². The number of aromatic nitrogens is 2. The van der Waals surface area contributed by atoms with Gasteiger partial charge in [-0.3, -0.25) is 10.1 Å². The van der Waals surface area contributed by atoms with Crippen molar-refractivity contribution in [2.24, 2.45) is 0 Å². The highest BCUT2D eigenvalue weighted by Crippen LogP contribution is 2.29. The summed E-state index contributed by atoms with van der Waals surface area (Å²) in [5.74, 6) is -0.0990. The van der Waals surface area contributed by atoms with Crippen LogP contribution in [0.5, 0.6) is 0 Å². The second kappa shape index (κ2) is 5.99. The van der Waals surface area contributed by atoms with Gasteiger partial charge in [0.05, 0.1) is 4.88 Å². The first-order valence-electron chi connectivity index (χ1n) is 6.73.